The molecule has 4 rings (SSSR count). The lowest BCUT2D eigenvalue weighted by atomic mass is 10.1. The lowest BCUT2D eigenvalue weighted by Crippen LogP contribution is -2.40. The SMILES string of the molecule is COc1ccc(S(=O)(=O)N2CCOCC2)cc1C(=O)N1CCN(C)c2ccccc2C1. The molecule has 0 aromatic heterocycles. The fourth-order valence-electron chi connectivity index (χ4n) is 3.99. The topological polar surface area (TPSA) is 79.4 Å². The maximum atomic E-state index is 13.5. The number of nitrogens with zero attached hydrogens (tertiary/aromatic N) is 3. The molecule has 0 bridgehead atoms. The summed E-state index contributed by atoms with van der Waals surface area (Å²) in [5.74, 6) is 0.109. The summed E-state index contributed by atoms with van der Waals surface area (Å²) in [5.41, 5.74) is 2.39. The zero-order valence-electron chi connectivity index (χ0n) is 17.8. The van der Waals surface area contributed by atoms with E-state index in [1.165, 1.54) is 23.5 Å². The van der Waals surface area contributed by atoms with E-state index in [0.717, 1.165) is 11.3 Å². The van der Waals surface area contributed by atoms with Crippen LogP contribution in [0.15, 0.2) is 47.4 Å². The van der Waals surface area contributed by atoms with Crippen LogP contribution in [0.4, 0.5) is 5.69 Å². The number of methoxy groups -OCH3 is 1. The minimum absolute atomic E-state index is 0.0888. The van der Waals surface area contributed by atoms with Crippen LogP contribution in [0.2, 0.25) is 0 Å². The number of fused-ring (bicyclic) bond motifs is 1. The van der Waals surface area contributed by atoms with Crippen molar-refractivity contribution in [3.05, 3.63) is 53.6 Å². The number of amides is 1. The molecule has 2 aromatic rings. The molecule has 0 atom stereocenters. The monoisotopic (exact) mass is 445 g/mol. The average molecular weight is 446 g/mol. The first-order chi connectivity index (χ1) is 14.9. The Hall–Kier alpha value is -2.62. The second-order valence-corrected chi connectivity index (χ2v) is 9.59. The van der Waals surface area contributed by atoms with Crippen LogP contribution in [-0.2, 0) is 21.3 Å². The van der Waals surface area contributed by atoms with Crippen LogP contribution in [0.5, 0.6) is 5.75 Å². The number of hydrogen-bond acceptors (Lipinski definition) is 6. The van der Waals surface area contributed by atoms with Gasteiger partial charge in [0.25, 0.3) is 5.91 Å². The highest BCUT2D eigenvalue weighted by Crippen LogP contribution is 2.29. The van der Waals surface area contributed by atoms with Gasteiger partial charge >= 0.3 is 0 Å². The molecule has 0 aliphatic carbocycles. The summed E-state index contributed by atoms with van der Waals surface area (Å²) < 4.78 is 38.3. The zero-order chi connectivity index (χ0) is 22.0. The van der Waals surface area contributed by atoms with E-state index < -0.39 is 10.0 Å². The third-order valence-corrected chi connectivity index (χ3v) is 7.66. The van der Waals surface area contributed by atoms with Gasteiger partial charge in [-0.15, -0.1) is 0 Å². The smallest absolute Gasteiger partial charge is 0.258 e. The maximum Gasteiger partial charge on any atom is 0.258 e. The standard InChI is InChI=1S/C22H27N3O5S/c1-23-9-10-24(16-17-5-3-4-6-20(17)23)22(26)19-15-18(7-8-21(19)29-2)31(27,28)25-11-13-30-14-12-25/h3-8,15H,9-14,16H2,1-2H3. The van der Waals surface area contributed by atoms with E-state index in [1.54, 1.807) is 11.0 Å². The molecule has 1 fully saturated rings. The van der Waals surface area contributed by atoms with Crippen molar-refractivity contribution in [2.75, 3.05) is 58.5 Å². The number of carbonyl (C=O) groups excluding carboxylic acids is 1. The molecule has 9 heteroatoms. The Morgan fingerprint density at radius 3 is 2.52 bits per heavy atom. The fraction of sp³-hybridized carbons (Fsp3) is 0.409. The number of likely N-dealkylation sites (N-methyl/N-ethyl adjacent to an activating group) is 1. The van der Waals surface area contributed by atoms with Gasteiger partial charge in [-0.1, -0.05) is 18.2 Å². The van der Waals surface area contributed by atoms with Gasteiger partial charge in [0.2, 0.25) is 10.0 Å². The lowest BCUT2D eigenvalue weighted by Gasteiger charge is -2.27. The van der Waals surface area contributed by atoms with Crippen LogP contribution in [0.1, 0.15) is 15.9 Å². The van der Waals surface area contributed by atoms with Crippen molar-refractivity contribution < 1.29 is 22.7 Å². The number of para-hydroxylation sites is 1. The molecule has 2 aliphatic rings. The van der Waals surface area contributed by atoms with Gasteiger partial charge in [-0.05, 0) is 29.8 Å². The van der Waals surface area contributed by atoms with Crippen LogP contribution in [-0.4, -0.2) is 77.1 Å². The quantitative estimate of drug-likeness (QED) is 0.714. The molecule has 2 heterocycles. The molecule has 0 spiro atoms. The van der Waals surface area contributed by atoms with Gasteiger partial charge in [-0.25, -0.2) is 8.42 Å². The van der Waals surface area contributed by atoms with Crippen molar-refractivity contribution in [1.29, 1.82) is 0 Å². The van der Waals surface area contributed by atoms with Crippen LogP contribution >= 0.6 is 0 Å². The van der Waals surface area contributed by atoms with Crippen molar-refractivity contribution in [3.63, 3.8) is 0 Å². The van der Waals surface area contributed by atoms with Crippen molar-refractivity contribution in [2.24, 2.45) is 0 Å². The van der Waals surface area contributed by atoms with E-state index in [4.69, 9.17) is 9.47 Å². The normalized spacial score (nSPS) is 17.7. The average Bonchev–Trinajstić information content (AvgIpc) is 2.98. The highest BCUT2D eigenvalue weighted by atomic mass is 32.2. The van der Waals surface area contributed by atoms with Gasteiger partial charge in [0.1, 0.15) is 5.75 Å². The first kappa shape index (κ1) is 21.6. The summed E-state index contributed by atoms with van der Waals surface area (Å²) >= 11 is 0. The number of rotatable bonds is 4. The third kappa shape index (κ3) is 4.26. The maximum absolute atomic E-state index is 13.5. The molecule has 0 N–H and O–H groups in total. The zero-order valence-corrected chi connectivity index (χ0v) is 18.6. The molecule has 31 heavy (non-hydrogen) atoms. The number of sulfonamides is 1. The van der Waals surface area contributed by atoms with Crippen LogP contribution in [0, 0.1) is 0 Å². The Labute approximate surface area is 183 Å². The van der Waals surface area contributed by atoms with Crippen molar-refractivity contribution in [1.82, 2.24) is 9.21 Å². The molecule has 2 aliphatic heterocycles. The number of benzene rings is 2. The highest BCUT2D eigenvalue weighted by molar-refractivity contribution is 7.89. The summed E-state index contributed by atoms with van der Waals surface area (Å²) in [6.07, 6.45) is 0. The van der Waals surface area contributed by atoms with Gasteiger partial charge in [0.15, 0.2) is 0 Å². The first-order valence-corrected chi connectivity index (χ1v) is 11.7. The Bertz CT molecular complexity index is 1070. The molecular weight excluding hydrogens is 418 g/mol. The van der Waals surface area contributed by atoms with E-state index in [2.05, 4.69) is 4.90 Å². The number of anilines is 1. The number of ether oxygens (including phenoxy) is 2. The Morgan fingerprint density at radius 1 is 1.03 bits per heavy atom. The predicted molar refractivity (Wildman–Crippen MR) is 117 cm³/mol. The van der Waals surface area contributed by atoms with Gasteiger partial charge in [0.05, 0.1) is 30.8 Å². The van der Waals surface area contributed by atoms with Crippen molar-refractivity contribution in [2.45, 2.75) is 11.4 Å². The first-order valence-electron chi connectivity index (χ1n) is 10.3. The van der Waals surface area contributed by atoms with Crippen molar-refractivity contribution >= 4 is 21.6 Å². The van der Waals surface area contributed by atoms with Gasteiger partial charge < -0.3 is 19.3 Å². The van der Waals surface area contributed by atoms with E-state index in [0.29, 0.717) is 51.7 Å². The molecule has 0 radical (unpaired) electrons. The molecule has 2 aromatic carbocycles. The predicted octanol–water partition coefficient (Wildman–Crippen LogP) is 1.81. The van der Waals surface area contributed by atoms with Crippen LogP contribution < -0.4 is 9.64 Å². The summed E-state index contributed by atoms with van der Waals surface area (Å²) in [4.78, 5) is 17.5. The number of carbonyl (C=O) groups is 1. The van der Waals surface area contributed by atoms with Crippen LogP contribution in [0.25, 0.3) is 0 Å². The second-order valence-electron chi connectivity index (χ2n) is 7.66. The van der Waals surface area contributed by atoms with E-state index in [9.17, 15) is 13.2 Å². The Balaban J connectivity index is 1.67. The van der Waals surface area contributed by atoms with E-state index in [1.807, 2.05) is 31.3 Å². The third-order valence-electron chi connectivity index (χ3n) is 5.77. The fourth-order valence-corrected chi connectivity index (χ4v) is 5.42. The van der Waals surface area contributed by atoms with Gasteiger partial charge in [0, 0.05) is 45.5 Å². The minimum atomic E-state index is -3.72. The molecule has 0 saturated carbocycles. The molecular formula is C22H27N3O5S. The van der Waals surface area contributed by atoms with Crippen molar-refractivity contribution in [3.8, 4) is 5.75 Å². The summed E-state index contributed by atoms with van der Waals surface area (Å²) in [5, 5.41) is 0. The van der Waals surface area contributed by atoms with E-state index >= 15 is 0 Å². The number of morpholine rings is 1. The van der Waals surface area contributed by atoms with Gasteiger partial charge in [-0.3, -0.25) is 4.79 Å². The highest BCUT2D eigenvalue weighted by Gasteiger charge is 2.30. The minimum Gasteiger partial charge on any atom is -0.496 e. The van der Waals surface area contributed by atoms with Gasteiger partial charge in [-0.2, -0.15) is 4.31 Å². The molecule has 0 unspecified atom stereocenters. The molecule has 1 amide bonds. The summed E-state index contributed by atoms with van der Waals surface area (Å²) in [7, 11) is -0.237. The molecule has 1 saturated heterocycles. The summed E-state index contributed by atoms with van der Waals surface area (Å²) in [6, 6.07) is 12.5. The second kappa shape index (κ2) is 8.86. The lowest BCUT2D eigenvalue weighted by molar-refractivity contribution is 0.0729. The van der Waals surface area contributed by atoms with Crippen LogP contribution in [0.3, 0.4) is 0 Å². The number of hydrogen-bond donors (Lipinski definition) is 0. The Morgan fingerprint density at radius 2 is 1.77 bits per heavy atom. The largest absolute Gasteiger partial charge is 0.496 e. The Kier molecular flexibility index (Phi) is 6.17. The van der Waals surface area contributed by atoms with E-state index in [-0.39, 0.29) is 16.4 Å². The molecule has 8 nitrogen and oxygen atoms in total. The molecule has 166 valence electrons. The summed E-state index contributed by atoms with van der Waals surface area (Å²) in [6.45, 7) is 2.97.